The summed E-state index contributed by atoms with van der Waals surface area (Å²) in [6.07, 6.45) is 5.03. The fourth-order valence-corrected chi connectivity index (χ4v) is 2.25. The van der Waals surface area contributed by atoms with Crippen LogP contribution in [0, 0.1) is 16.4 Å². The Morgan fingerprint density at radius 2 is 1.67 bits per heavy atom. The molecular weight excluding hydrogens is 230 g/mol. The fraction of sp³-hybridized carbons (Fsp3) is 0.500. The van der Waals surface area contributed by atoms with Gasteiger partial charge in [-0.1, -0.05) is 30.4 Å². The third kappa shape index (κ3) is 1.60. The molecule has 1 N–H and O–H groups in total. The number of nitroso groups, excluding NO2 is 1. The van der Waals surface area contributed by atoms with Gasteiger partial charge in [-0.3, -0.25) is 0 Å². The molecule has 1 atom stereocenters. The monoisotopic (exact) mass is 248 g/mol. The van der Waals surface area contributed by atoms with Gasteiger partial charge in [0, 0.05) is 29.1 Å². The minimum atomic E-state index is -0.845. The van der Waals surface area contributed by atoms with E-state index >= 15 is 0 Å². The molecule has 1 heterocycles. The van der Waals surface area contributed by atoms with Crippen LogP contribution in [0.1, 0.15) is 27.7 Å². The molecule has 0 bridgehead atoms. The van der Waals surface area contributed by atoms with Crippen LogP contribution < -0.4 is 5.11 Å². The van der Waals surface area contributed by atoms with E-state index in [1.165, 1.54) is 12.2 Å². The normalized spacial score (nSPS) is 30.3. The maximum atomic E-state index is 12.4. The molecule has 2 rings (SSSR count). The average molecular weight is 248 g/mol. The molecular formula is C14H18NO3. The van der Waals surface area contributed by atoms with Crippen LogP contribution in [0.4, 0.5) is 0 Å². The molecule has 2 aliphatic rings. The van der Waals surface area contributed by atoms with Crippen molar-refractivity contribution < 1.29 is 15.0 Å². The standard InChI is InChI=1S/C14H18NO3/c1-13(2)12(17)11(15(18)14(13,3)4)9-5-7-10(16)8-6-9/h5-8,12,17H,1-4H3. The van der Waals surface area contributed by atoms with Gasteiger partial charge in [0.1, 0.15) is 0 Å². The van der Waals surface area contributed by atoms with Crippen LogP contribution in [0.2, 0.25) is 0 Å². The number of hydrogen-bond donors (Lipinski definition) is 1. The lowest BCUT2D eigenvalue weighted by atomic mass is 9.74. The van der Waals surface area contributed by atoms with Gasteiger partial charge in [-0.2, -0.15) is 0 Å². The Hall–Kier alpha value is -1.26. The number of aliphatic hydroxyl groups is 1. The first-order valence-corrected chi connectivity index (χ1v) is 5.99. The molecule has 4 heteroatoms. The first-order valence-electron chi connectivity index (χ1n) is 5.99. The minimum absolute atomic E-state index is 0.109. The summed E-state index contributed by atoms with van der Waals surface area (Å²) in [7, 11) is 0. The van der Waals surface area contributed by atoms with E-state index in [1.807, 2.05) is 27.7 Å². The topological polar surface area (TPSA) is 63.4 Å². The lowest BCUT2D eigenvalue weighted by Gasteiger charge is -2.26. The number of allylic oxidation sites excluding steroid dienone is 3. The molecule has 4 nitrogen and oxygen atoms in total. The third-order valence-electron chi connectivity index (χ3n) is 4.40. The molecule has 1 unspecified atom stereocenters. The summed E-state index contributed by atoms with van der Waals surface area (Å²) in [4.78, 5) is 12.4. The Bertz CT molecular complexity index is 467. The zero-order chi connectivity index (χ0) is 13.7. The largest absolute Gasteiger partial charge is 0.844 e. The number of rotatable bonds is 0. The van der Waals surface area contributed by atoms with Gasteiger partial charge in [-0.15, -0.1) is 0 Å². The molecule has 18 heavy (non-hydrogen) atoms. The van der Waals surface area contributed by atoms with Crippen LogP contribution in [-0.2, 0) is 0 Å². The number of hydrogen-bond acceptors (Lipinski definition) is 3. The highest BCUT2D eigenvalue weighted by Gasteiger charge is 2.65. The van der Waals surface area contributed by atoms with Crippen molar-refractivity contribution in [2.24, 2.45) is 5.41 Å². The summed E-state index contributed by atoms with van der Waals surface area (Å²) in [5.41, 5.74) is -0.307. The number of aliphatic hydroxyl groups excluding tert-OH is 1. The SMILES string of the molecule is CC1(C)C(O)C(=C2C=C[C]([O-])C=C2)[N+](=O)C1(C)C. The van der Waals surface area contributed by atoms with E-state index in [9.17, 15) is 15.1 Å². The highest BCUT2D eigenvalue weighted by Crippen LogP contribution is 2.48. The lowest BCUT2D eigenvalue weighted by molar-refractivity contribution is -0.570. The van der Waals surface area contributed by atoms with Crippen LogP contribution >= 0.6 is 0 Å². The van der Waals surface area contributed by atoms with Crippen LogP contribution in [0.15, 0.2) is 35.6 Å². The zero-order valence-electron chi connectivity index (χ0n) is 11.1. The molecule has 0 aromatic rings. The summed E-state index contributed by atoms with van der Waals surface area (Å²) in [5, 5.41) is 21.5. The Balaban J connectivity index is 2.55. The summed E-state index contributed by atoms with van der Waals surface area (Å²) < 4.78 is 0.872. The average Bonchev–Trinajstić information content (AvgIpc) is 2.41. The van der Waals surface area contributed by atoms with Crippen molar-refractivity contribution in [3.05, 3.63) is 46.6 Å². The van der Waals surface area contributed by atoms with E-state index in [0.717, 1.165) is 4.76 Å². The molecule has 1 radical (unpaired) electrons. The van der Waals surface area contributed by atoms with Crippen LogP contribution in [0.5, 0.6) is 0 Å². The van der Waals surface area contributed by atoms with Gasteiger partial charge in [0.05, 0.1) is 5.41 Å². The molecule has 1 aliphatic heterocycles. The molecule has 0 spiro atoms. The molecule has 1 aliphatic carbocycles. The summed E-state index contributed by atoms with van der Waals surface area (Å²) in [6.45, 7) is 7.38. The van der Waals surface area contributed by atoms with Crippen molar-refractivity contribution in [1.29, 1.82) is 0 Å². The summed E-state index contributed by atoms with van der Waals surface area (Å²) in [5.74, 6) is 0. The predicted octanol–water partition coefficient (Wildman–Crippen LogP) is 1.22. The first kappa shape index (κ1) is 13.2. The van der Waals surface area contributed by atoms with Gasteiger partial charge >= 0.3 is 0 Å². The van der Waals surface area contributed by atoms with Crippen molar-refractivity contribution in [2.45, 2.75) is 39.3 Å². The summed E-state index contributed by atoms with van der Waals surface area (Å²) in [6, 6.07) is 0. The van der Waals surface area contributed by atoms with Crippen molar-refractivity contribution in [2.75, 3.05) is 0 Å². The van der Waals surface area contributed by atoms with Crippen molar-refractivity contribution in [3.63, 3.8) is 0 Å². The van der Waals surface area contributed by atoms with E-state index in [4.69, 9.17) is 0 Å². The Morgan fingerprint density at radius 3 is 2.06 bits per heavy atom. The highest BCUT2D eigenvalue weighted by atomic mass is 16.3. The van der Waals surface area contributed by atoms with E-state index in [1.54, 1.807) is 12.2 Å². The van der Waals surface area contributed by atoms with Crippen molar-refractivity contribution in [3.8, 4) is 0 Å². The Morgan fingerprint density at radius 1 is 1.17 bits per heavy atom. The fourth-order valence-electron chi connectivity index (χ4n) is 2.25. The van der Waals surface area contributed by atoms with Gasteiger partial charge in [0.25, 0.3) is 5.70 Å². The molecule has 0 amide bonds. The Labute approximate surface area is 107 Å². The van der Waals surface area contributed by atoms with Gasteiger partial charge < -0.3 is 10.2 Å². The van der Waals surface area contributed by atoms with Gasteiger partial charge in [-0.25, -0.2) is 0 Å². The second kappa shape index (κ2) is 3.87. The molecule has 0 aromatic carbocycles. The zero-order valence-corrected chi connectivity index (χ0v) is 11.1. The second-order valence-corrected chi connectivity index (χ2v) is 5.89. The predicted molar refractivity (Wildman–Crippen MR) is 66.0 cm³/mol. The van der Waals surface area contributed by atoms with Crippen LogP contribution in [0.25, 0.3) is 0 Å². The van der Waals surface area contributed by atoms with Gasteiger partial charge in [-0.05, 0) is 13.8 Å². The summed E-state index contributed by atoms with van der Waals surface area (Å²) >= 11 is 0. The maximum Gasteiger partial charge on any atom is 0.269 e. The molecule has 0 saturated carbocycles. The third-order valence-corrected chi connectivity index (χ3v) is 4.40. The maximum absolute atomic E-state index is 12.4. The Kier molecular flexibility index (Phi) is 2.83. The molecule has 0 aromatic heterocycles. The molecule has 97 valence electrons. The minimum Gasteiger partial charge on any atom is -0.844 e. The lowest BCUT2D eigenvalue weighted by Crippen LogP contribution is -2.43. The van der Waals surface area contributed by atoms with Crippen LogP contribution in [0.3, 0.4) is 0 Å². The quantitative estimate of drug-likeness (QED) is 0.655. The molecule has 1 fully saturated rings. The highest BCUT2D eigenvalue weighted by molar-refractivity contribution is 5.44. The molecule has 1 saturated heterocycles. The number of nitrogens with zero attached hydrogens (tertiary/aromatic N) is 1. The van der Waals surface area contributed by atoms with Crippen molar-refractivity contribution >= 4 is 0 Å². The first-order chi connectivity index (χ1) is 8.19. The van der Waals surface area contributed by atoms with E-state index in [2.05, 4.69) is 0 Å². The van der Waals surface area contributed by atoms with Gasteiger partial charge in [0.2, 0.25) is 5.54 Å². The smallest absolute Gasteiger partial charge is 0.269 e. The van der Waals surface area contributed by atoms with E-state index < -0.39 is 17.1 Å². The van der Waals surface area contributed by atoms with Crippen LogP contribution in [-0.4, -0.2) is 21.5 Å². The second-order valence-electron chi connectivity index (χ2n) is 5.89. The van der Waals surface area contributed by atoms with Crippen molar-refractivity contribution in [1.82, 2.24) is 0 Å². The van der Waals surface area contributed by atoms with Gasteiger partial charge in [0.15, 0.2) is 6.10 Å². The van der Waals surface area contributed by atoms with E-state index in [0.29, 0.717) is 11.3 Å². The van der Waals surface area contributed by atoms with E-state index in [-0.39, 0.29) is 6.10 Å².